The smallest absolute Gasteiger partial charge is 0.264 e. The largest absolute Gasteiger partial charge is 0.334 e. The van der Waals surface area contributed by atoms with Crippen molar-refractivity contribution in [1.82, 2.24) is 14.9 Å². The Balaban J connectivity index is 1.58. The van der Waals surface area contributed by atoms with Crippen LogP contribution in [-0.2, 0) is 5.75 Å². The number of hydrazone groups is 1. The van der Waals surface area contributed by atoms with Crippen molar-refractivity contribution in [2.45, 2.75) is 10.9 Å². The lowest BCUT2D eigenvalue weighted by Crippen LogP contribution is -2.13. The lowest BCUT2D eigenvalue weighted by Gasteiger charge is -2.03. The minimum atomic E-state index is -0.263. The quantitative estimate of drug-likeness (QED) is 0.298. The molecule has 1 heterocycles. The fourth-order valence-corrected chi connectivity index (χ4v) is 2.83. The Labute approximate surface area is 152 Å². The van der Waals surface area contributed by atoms with Crippen molar-refractivity contribution in [3.63, 3.8) is 0 Å². The second-order valence-electron chi connectivity index (χ2n) is 5.01. The second-order valence-corrected chi connectivity index (χ2v) is 6.39. The maximum atomic E-state index is 12.9. The summed E-state index contributed by atoms with van der Waals surface area (Å²) in [6, 6.07) is 13.5. The summed E-state index contributed by atoms with van der Waals surface area (Å²) in [7, 11) is 0. The first-order valence-corrected chi connectivity index (χ1v) is 8.60. The lowest BCUT2D eigenvalue weighted by molar-refractivity contribution is 0.627. The highest BCUT2D eigenvalue weighted by atomic mass is 35.5. The van der Waals surface area contributed by atoms with Gasteiger partial charge in [-0.05, 0) is 35.4 Å². The van der Waals surface area contributed by atoms with Crippen LogP contribution in [0.1, 0.15) is 11.1 Å². The molecule has 0 fully saturated rings. The number of hydrogen-bond acceptors (Lipinski definition) is 6. The number of hydrogen-bond donors (Lipinski definition) is 2. The lowest BCUT2D eigenvalue weighted by atomic mass is 10.2. The summed E-state index contributed by atoms with van der Waals surface area (Å²) in [4.78, 5) is 0. The van der Waals surface area contributed by atoms with Crippen LogP contribution < -0.4 is 11.3 Å². The van der Waals surface area contributed by atoms with Gasteiger partial charge in [0.25, 0.3) is 5.95 Å². The van der Waals surface area contributed by atoms with Gasteiger partial charge >= 0.3 is 0 Å². The van der Waals surface area contributed by atoms with Crippen LogP contribution in [0.3, 0.4) is 0 Å². The van der Waals surface area contributed by atoms with Crippen LogP contribution in [0, 0.1) is 5.82 Å². The molecule has 0 amide bonds. The van der Waals surface area contributed by atoms with Gasteiger partial charge in [0.15, 0.2) is 0 Å². The molecule has 1 aromatic heterocycles. The minimum Gasteiger partial charge on any atom is -0.334 e. The molecule has 0 saturated heterocycles. The van der Waals surface area contributed by atoms with E-state index in [4.69, 9.17) is 17.4 Å². The van der Waals surface area contributed by atoms with E-state index in [1.165, 1.54) is 28.6 Å². The number of aromatic nitrogens is 3. The summed E-state index contributed by atoms with van der Waals surface area (Å²) in [6.07, 6.45) is 1.62. The predicted molar refractivity (Wildman–Crippen MR) is 98.8 cm³/mol. The molecule has 0 atom stereocenters. The van der Waals surface area contributed by atoms with Crippen LogP contribution >= 0.6 is 23.4 Å². The van der Waals surface area contributed by atoms with Gasteiger partial charge in [-0.2, -0.15) is 5.10 Å². The zero-order chi connectivity index (χ0) is 17.6. The van der Waals surface area contributed by atoms with Crippen molar-refractivity contribution in [2.75, 3.05) is 11.3 Å². The normalized spacial score (nSPS) is 11.1. The van der Waals surface area contributed by atoms with E-state index in [0.29, 0.717) is 21.9 Å². The molecule has 0 radical (unpaired) electrons. The summed E-state index contributed by atoms with van der Waals surface area (Å²) in [5.41, 5.74) is 4.58. The first-order chi connectivity index (χ1) is 12.1. The summed E-state index contributed by atoms with van der Waals surface area (Å²) in [5, 5.41) is 13.2. The van der Waals surface area contributed by atoms with Crippen LogP contribution in [0.25, 0.3) is 0 Å². The molecule has 0 unspecified atom stereocenters. The molecule has 3 aromatic rings. The number of nitrogens with one attached hydrogen (secondary N) is 1. The number of benzene rings is 2. The molecule has 128 valence electrons. The van der Waals surface area contributed by atoms with Crippen LogP contribution in [0.15, 0.2) is 58.8 Å². The Morgan fingerprint density at radius 2 is 1.88 bits per heavy atom. The highest BCUT2D eigenvalue weighted by Gasteiger charge is 2.09. The van der Waals surface area contributed by atoms with Gasteiger partial charge in [0.2, 0.25) is 5.16 Å². The molecule has 6 nitrogen and oxygen atoms in total. The van der Waals surface area contributed by atoms with E-state index < -0.39 is 0 Å². The Morgan fingerprint density at radius 3 is 2.60 bits per heavy atom. The number of thioether (sulfide) groups is 1. The van der Waals surface area contributed by atoms with E-state index in [1.54, 1.807) is 30.5 Å². The molecule has 0 aliphatic heterocycles. The standard InChI is InChI=1S/C16H14ClFN6S/c17-13-5-1-11(2-6-13)9-20-21-15-22-23-16(24(15)19)25-10-12-3-7-14(18)8-4-12/h1-9H,10,19H2,(H,21,22)/b20-9+. The van der Waals surface area contributed by atoms with E-state index in [9.17, 15) is 4.39 Å². The molecule has 0 aliphatic rings. The average Bonchev–Trinajstić information content (AvgIpc) is 2.96. The predicted octanol–water partition coefficient (Wildman–Crippen LogP) is 3.52. The highest BCUT2D eigenvalue weighted by molar-refractivity contribution is 7.98. The number of nitrogen functional groups attached to an aromatic ring is 1. The van der Waals surface area contributed by atoms with E-state index in [-0.39, 0.29) is 5.82 Å². The first kappa shape index (κ1) is 17.2. The van der Waals surface area contributed by atoms with Crippen molar-refractivity contribution in [3.8, 4) is 0 Å². The fraction of sp³-hybridized carbons (Fsp3) is 0.0625. The van der Waals surface area contributed by atoms with Gasteiger partial charge in [-0.25, -0.2) is 14.5 Å². The summed E-state index contributed by atoms with van der Waals surface area (Å²) < 4.78 is 14.2. The third kappa shape index (κ3) is 4.71. The van der Waals surface area contributed by atoms with E-state index >= 15 is 0 Å². The van der Waals surface area contributed by atoms with Gasteiger partial charge in [0, 0.05) is 10.8 Å². The fourth-order valence-electron chi connectivity index (χ4n) is 1.89. The Hall–Kier alpha value is -2.58. The third-order valence-corrected chi connectivity index (χ3v) is 4.46. The van der Waals surface area contributed by atoms with Crippen LogP contribution in [0.2, 0.25) is 5.02 Å². The monoisotopic (exact) mass is 376 g/mol. The van der Waals surface area contributed by atoms with Crippen LogP contribution in [0.4, 0.5) is 10.3 Å². The Bertz CT molecular complexity index is 863. The molecule has 3 rings (SSSR count). The Morgan fingerprint density at radius 1 is 1.16 bits per heavy atom. The molecular formula is C16H14ClFN6S. The SMILES string of the molecule is Nn1c(N/N=C/c2ccc(Cl)cc2)nnc1SCc1ccc(F)cc1. The molecule has 0 saturated carbocycles. The highest BCUT2D eigenvalue weighted by Crippen LogP contribution is 2.21. The molecule has 0 aliphatic carbocycles. The van der Waals surface area contributed by atoms with Gasteiger partial charge < -0.3 is 5.84 Å². The third-order valence-electron chi connectivity index (χ3n) is 3.19. The number of rotatable bonds is 6. The first-order valence-electron chi connectivity index (χ1n) is 7.24. The van der Waals surface area contributed by atoms with E-state index in [1.807, 2.05) is 12.1 Å². The summed E-state index contributed by atoms with van der Waals surface area (Å²) in [6.45, 7) is 0. The van der Waals surface area contributed by atoms with Gasteiger partial charge in [-0.3, -0.25) is 0 Å². The van der Waals surface area contributed by atoms with Crippen LogP contribution in [-0.4, -0.2) is 21.1 Å². The maximum Gasteiger partial charge on any atom is 0.264 e. The molecule has 2 aromatic carbocycles. The molecule has 0 spiro atoms. The molecule has 3 N–H and O–H groups in total. The average molecular weight is 377 g/mol. The van der Waals surface area contributed by atoms with Crippen molar-refractivity contribution in [1.29, 1.82) is 0 Å². The van der Waals surface area contributed by atoms with Gasteiger partial charge in [-0.15, -0.1) is 10.2 Å². The second kappa shape index (κ2) is 8.00. The maximum absolute atomic E-state index is 12.9. The summed E-state index contributed by atoms with van der Waals surface area (Å²) in [5.74, 6) is 6.60. The number of nitrogens with two attached hydrogens (primary N) is 1. The van der Waals surface area contributed by atoms with Crippen molar-refractivity contribution in [3.05, 3.63) is 70.5 Å². The molecule has 9 heteroatoms. The van der Waals surface area contributed by atoms with Gasteiger partial charge in [0.1, 0.15) is 5.82 Å². The number of anilines is 1. The summed E-state index contributed by atoms with van der Waals surface area (Å²) >= 11 is 7.22. The topological polar surface area (TPSA) is 81.1 Å². The van der Waals surface area contributed by atoms with Crippen molar-refractivity contribution in [2.24, 2.45) is 5.10 Å². The molecular weight excluding hydrogens is 363 g/mol. The number of nitrogens with zero attached hydrogens (tertiary/aromatic N) is 4. The van der Waals surface area contributed by atoms with Gasteiger partial charge in [0.05, 0.1) is 6.21 Å². The van der Waals surface area contributed by atoms with Crippen LogP contribution in [0.5, 0.6) is 0 Å². The number of halogens is 2. The molecule has 25 heavy (non-hydrogen) atoms. The van der Waals surface area contributed by atoms with Crippen molar-refractivity contribution < 1.29 is 4.39 Å². The molecule has 0 bridgehead atoms. The van der Waals surface area contributed by atoms with Crippen molar-refractivity contribution >= 4 is 35.5 Å². The minimum absolute atomic E-state index is 0.263. The van der Waals surface area contributed by atoms with E-state index in [0.717, 1.165) is 11.1 Å². The van der Waals surface area contributed by atoms with Gasteiger partial charge in [-0.1, -0.05) is 47.6 Å². The zero-order valence-electron chi connectivity index (χ0n) is 12.9. The zero-order valence-corrected chi connectivity index (χ0v) is 14.5. The Kier molecular flexibility index (Phi) is 5.52. The van der Waals surface area contributed by atoms with E-state index in [2.05, 4.69) is 20.7 Å².